The molecule has 0 aliphatic carbocycles. The van der Waals surface area contributed by atoms with Gasteiger partial charge in [-0.1, -0.05) is 0 Å². The summed E-state index contributed by atoms with van der Waals surface area (Å²) < 4.78 is 4.57. The van der Waals surface area contributed by atoms with Gasteiger partial charge in [-0.05, 0) is 45.1 Å². The molecule has 0 unspecified atom stereocenters. The van der Waals surface area contributed by atoms with Crippen LogP contribution in [0.25, 0.3) is 0 Å². The molecule has 2 rings (SSSR count). The summed E-state index contributed by atoms with van der Waals surface area (Å²) in [6, 6.07) is 0. The first-order valence-electron chi connectivity index (χ1n) is 6.79. The standard InChI is InChI=1S/C12H21N5OS/c1-2-16-11(6-5-10(13)18)14-17(12(16)19)9-15-7-3-4-8-15/h2-9H2,1H3,(H2,13,18). The Hall–Kier alpha value is -1.21. The lowest BCUT2D eigenvalue weighted by atomic mass is 10.3. The maximum absolute atomic E-state index is 10.9. The van der Waals surface area contributed by atoms with Gasteiger partial charge >= 0.3 is 0 Å². The van der Waals surface area contributed by atoms with E-state index >= 15 is 0 Å². The Morgan fingerprint density at radius 2 is 2.11 bits per heavy atom. The van der Waals surface area contributed by atoms with Gasteiger partial charge in [-0.3, -0.25) is 9.69 Å². The molecule has 2 N–H and O–H groups in total. The summed E-state index contributed by atoms with van der Waals surface area (Å²) in [7, 11) is 0. The predicted octanol–water partition coefficient (Wildman–Crippen LogP) is 0.905. The smallest absolute Gasteiger partial charge is 0.217 e. The molecule has 1 fully saturated rings. The van der Waals surface area contributed by atoms with Crippen molar-refractivity contribution < 1.29 is 4.79 Å². The van der Waals surface area contributed by atoms with E-state index in [1.807, 2.05) is 16.2 Å². The average molecular weight is 283 g/mol. The zero-order valence-corrected chi connectivity index (χ0v) is 12.2. The molecule has 0 aromatic carbocycles. The van der Waals surface area contributed by atoms with Crippen LogP contribution >= 0.6 is 12.2 Å². The third kappa shape index (κ3) is 3.42. The van der Waals surface area contributed by atoms with Crippen LogP contribution in [-0.4, -0.2) is 38.2 Å². The highest BCUT2D eigenvalue weighted by atomic mass is 32.1. The highest BCUT2D eigenvalue weighted by Gasteiger charge is 2.15. The number of hydrogen-bond acceptors (Lipinski definition) is 4. The van der Waals surface area contributed by atoms with Crippen LogP contribution < -0.4 is 5.73 Å². The topological polar surface area (TPSA) is 69.1 Å². The van der Waals surface area contributed by atoms with Crippen LogP contribution in [0.4, 0.5) is 0 Å². The number of aromatic nitrogens is 3. The molecule has 2 heterocycles. The van der Waals surface area contributed by atoms with Gasteiger partial charge < -0.3 is 10.3 Å². The number of carbonyl (C=O) groups is 1. The van der Waals surface area contributed by atoms with Crippen molar-refractivity contribution in [1.29, 1.82) is 0 Å². The van der Waals surface area contributed by atoms with E-state index in [1.54, 1.807) is 0 Å². The van der Waals surface area contributed by atoms with Crippen LogP contribution in [0, 0.1) is 4.77 Å². The van der Waals surface area contributed by atoms with Crippen LogP contribution in [0.5, 0.6) is 0 Å². The largest absolute Gasteiger partial charge is 0.370 e. The van der Waals surface area contributed by atoms with Gasteiger partial charge in [0.25, 0.3) is 0 Å². The lowest BCUT2D eigenvalue weighted by Gasteiger charge is -2.13. The van der Waals surface area contributed by atoms with Crippen molar-refractivity contribution >= 4 is 18.1 Å². The Labute approximate surface area is 118 Å². The Morgan fingerprint density at radius 3 is 2.68 bits per heavy atom. The molecule has 7 heteroatoms. The number of rotatable bonds is 6. The second-order valence-electron chi connectivity index (χ2n) is 4.88. The van der Waals surface area contributed by atoms with Gasteiger partial charge in [0, 0.05) is 19.4 Å². The van der Waals surface area contributed by atoms with Crippen LogP contribution in [0.1, 0.15) is 32.0 Å². The maximum Gasteiger partial charge on any atom is 0.217 e. The quantitative estimate of drug-likeness (QED) is 0.788. The zero-order chi connectivity index (χ0) is 13.8. The fourth-order valence-electron chi connectivity index (χ4n) is 2.43. The number of hydrogen-bond donors (Lipinski definition) is 1. The van der Waals surface area contributed by atoms with E-state index in [0.717, 1.165) is 36.9 Å². The van der Waals surface area contributed by atoms with Crippen molar-refractivity contribution in [2.24, 2.45) is 5.73 Å². The number of likely N-dealkylation sites (tertiary alicyclic amines) is 1. The summed E-state index contributed by atoms with van der Waals surface area (Å²) in [6.45, 7) is 5.77. The molecular weight excluding hydrogens is 262 g/mol. The number of primary amides is 1. The predicted molar refractivity (Wildman–Crippen MR) is 75.0 cm³/mol. The Morgan fingerprint density at radius 1 is 1.42 bits per heavy atom. The summed E-state index contributed by atoms with van der Waals surface area (Å²) in [5.74, 6) is 0.549. The Bertz CT molecular complexity index is 501. The van der Waals surface area contributed by atoms with Gasteiger partial charge in [-0.2, -0.15) is 5.10 Å². The maximum atomic E-state index is 10.9. The molecule has 0 bridgehead atoms. The zero-order valence-electron chi connectivity index (χ0n) is 11.3. The van der Waals surface area contributed by atoms with Crippen LogP contribution in [0.2, 0.25) is 0 Å². The Balaban J connectivity index is 2.14. The second-order valence-corrected chi connectivity index (χ2v) is 5.24. The molecule has 1 aromatic heterocycles. The monoisotopic (exact) mass is 283 g/mol. The number of aryl methyl sites for hydroxylation is 1. The van der Waals surface area contributed by atoms with Gasteiger partial charge in [-0.15, -0.1) is 0 Å². The minimum Gasteiger partial charge on any atom is -0.370 e. The van der Waals surface area contributed by atoms with Gasteiger partial charge in [0.15, 0.2) is 4.77 Å². The molecule has 19 heavy (non-hydrogen) atoms. The van der Waals surface area contributed by atoms with Crippen molar-refractivity contribution in [3.63, 3.8) is 0 Å². The fourth-order valence-corrected chi connectivity index (χ4v) is 2.76. The molecular formula is C12H21N5OS. The molecule has 106 valence electrons. The van der Waals surface area contributed by atoms with Crippen molar-refractivity contribution in [1.82, 2.24) is 19.2 Å². The lowest BCUT2D eigenvalue weighted by Crippen LogP contribution is -2.23. The van der Waals surface area contributed by atoms with E-state index in [9.17, 15) is 4.79 Å². The number of amides is 1. The van der Waals surface area contributed by atoms with E-state index in [2.05, 4.69) is 10.00 Å². The summed E-state index contributed by atoms with van der Waals surface area (Å²) in [4.78, 5) is 13.2. The summed E-state index contributed by atoms with van der Waals surface area (Å²) in [5, 5.41) is 4.54. The molecule has 6 nitrogen and oxygen atoms in total. The van der Waals surface area contributed by atoms with Gasteiger partial charge in [0.1, 0.15) is 5.82 Å². The first kappa shape index (κ1) is 14.2. The van der Waals surface area contributed by atoms with E-state index in [0.29, 0.717) is 12.8 Å². The van der Waals surface area contributed by atoms with Crippen molar-refractivity contribution in [2.75, 3.05) is 13.1 Å². The molecule has 0 saturated carbocycles. The van der Waals surface area contributed by atoms with Crippen molar-refractivity contribution in [3.05, 3.63) is 10.6 Å². The second kappa shape index (κ2) is 6.29. The van der Waals surface area contributed by atoms with Crippen LogP contribution in [0.15, 0.2) is 0 Å². The fraction of sp³-hybridized carbons (Fsp3) is 0.750. The summed E-state index contributed by atoms with van der Waals surface area (Å²) in [5.41, 5.74) is 5.19. The van der Waals surface area contributed by atoms with E-state index in [1.165, 1.54) is 12.8 Å². The van der Waals surface area contributed by atoms with E-state index in [4.69, 9.17) is 18.0 Å². The molecule has 0 spiro atoms. The number of nitrogens with zero attached hydrogens (tertiary/aromatic N) is 4. The molecule has 0 radical (unpaired) electrons. The van der Waals surface area contributed by atoms with E-state index in [-0.39, 0.29) is 5.91 Å². The minimum atomic E-state index is -0.303. The Kier molecular flexibility index (Phi) is 4.71. The van der Waals surface area contributed by atoms with Gasteiger partial charge in [0.05, 0.1) is 6.67 Å². The third-order valence-corrected chi connectivity index (χ3v) is 3.87. The molecule has 1 aliphatic heterocycles. The number of nitrogens with two attached hydrogens (primary N) is 1. The summed E-state index contributed by atoms with van der Waals surface area (Å²) in [6.07, 6.45) is 3.36. The van der Waals surface area contributed by atoms with Crippen LogP contribution in [0.3, 0.4) is 0 Å². The van der Waals surface area contributed by atoms with Gasteiger partial charge in [-0.25, -0.2) is 4.68 Å². The van der Waals surface area contributed by atoms with E-state index < -0.39 is 0 Å². The summed E-state index contributed by atoms with van der Waals surface area (Å²) >= 11 is 5.45. The highest BCUT2D eigenvalue weighted by Crippen LogP contribution is 2.10. The third-order valence-electron chi connectivity index (χ3n) is 3.44. The SMILES string of the molecule is CCn1c(CCC(N)=O)nn(CN2CCCC2)c1=S. The van der Waals surface area contributed by atoms with Crippen molar-refractivity contribution in [2.45, 2.75) is 45.8 Å². The first-order valence-corrected chi connectivity index (χ1v) is 7.19. The first-order chi connectivity index (χ1) is 9.11. The van der Waals surface area contributed by atoms with Gasteiger partial charge in [0.2, 0.25) is 5.91 Å². The molecule has 1 saturated heterocycles. The highest BCUT2D eigenvalue weighted by molar-refractivity contribution is 7.71. The minimum absolute atomic E-state index is 0.303. The average Bonchev–Trinajstić information content (AvgIpc) is 2.97. The molecule has 1 amide bonds. The van der Waals surface area contributed by atoms with Crippen LogP contribution in [-0.2, 0) is 24.4 Å². The normalized spacial score (nSPS) is 16.1. The molecule has 1 aliphatic rings. The van der Waals surface area contributed by atoms with Crippen molar-refractivity contribution in [3.8, 4) is 0 Å². The number of carbonyl (C=O) groups excluding carboxylic acids is 1. The molecule has 0 atom stereocenters. The molecule has 1 aromatic rings. The lowest BCUT2D eigenvalue weighted by molar-refractivity contribution is -0.118.